The van der Waals surface area contributed by atoms with E-state index in [0.29, 0.717) is 6.42 Å². The summed E-state index contributed by atoms with van der Waals surface area (Å²) in [5.41, 5.74) is 5.27. The Morgan fingerprint density at radius 1 is 1.00 bits per heavy atom. The standard InChI is InChI=1S/C25H31NO3/c1-3-24(29-21-12-11-17-7-4-5-8-18(17)15-21)25(27)26-23-10-6-9-19-16-20(28-2)13-14-22(19)23/h11-16,23-24H,3-10H2,1-2H3,(H,26,27). The van der Waals surface area contributed by atoms with Crippen LogP contribution in [-0.4, -0.2) is 19.1 Å². The van der Waals surface area contributed by atoms with Gasteiger partial charge in [0.15, 0.2) is 6.10 Å². The number of hydrogen-bond acceptors (Lipinski definition) is 3. The zero-order valence-electron chi connectivity index (χ0n) is 17.5. The van der Waals surface area contributed by atoms with Crippen molar-refractivity contribution < 1.29 is 14.3 Å². The summed E-state index contributed by atoms with van der Waals surface area (Å²) < 4.78 is 11.5. The summed E-state index contributed by atoms with van der Waals surface area (Å²) in [6.07, 6.45) is 7.99. The molecule has 0 fully saturated rings. The Morgan fingerprint density at radius 3 is 2.52 bits per heavy atom. The van der Waals surface area contributed by atoms with Gasteiger partial charge >= 0.3 is 0 Å². The topological polar surface area (TPSA) is 47.6 Å². The van der Waals surface area contributed by atoms with Crippen LogP contribution in [0.2, 0.25) is 0 Å². The zero-order valence-corrected chi connectivity index (χ0v) is 17.5. The Bertz CT molecular complexity index is 876. The second-order valence-electron chi connectivity index (χ2n) is 8.17. The summed E-state index contributed by atoms with van der Waals surface area (Å²) in [4.78, 5) is 13.0. The minimum Gasteiger partial charge on any atom is -0.497 e. The number of carbonyl (C=O) groups is 1. The van der Waals surface area contributed by atoms with Gasteiger partial charge in [0, 0.05) is 0 Å². The maximum Gasteiger partial charge on any atom is 0.261 e. The van der Waals surface area contributed by atoms with E-state index in [-0.39, 0.29) is 11.9 Å². The molecule has 0 bridgehead atoms. The first-order chi connectivity index (χ1) is 14.2. The number of fused-ring (bicyclic) bond motifs is 2. The number of rotatable bonds is 6. The average molecular weight is 394 g/mol. The lowest BCUT2D eigenvalue weighted by Gasteiger charge is -2.28. The number of benzene rings is 2. The van der Waals surface area contributed by atoms with Crippen molar-refractivity contribution in [3.8, 4) is 11.5 Å². The molecule has 2 aliphatic carbocycles. The number of ether oxygens (including phenoxy) is 2. The van der Waals surface area contributed by atoms with Crippen molar-refractivity contribution in [3.05, 3.63) is 58.7 Å². The van der Waals surface area contributed by atoms with E-state index in [9.17, 15) is 4.79 Å². The molecule has 0 saturated carbocycles. The molecule has 1 amide bonds. The molecule has 0 radical (unpaired) electrons. The fourth-order valence-corrected chi connectivity index (χ4v) is 4.60. The van der Waals surface area contributed by atoms with Gasteiger partial charge in [0.2, 0.25) is 0 Å². The number of nitrogens with one attached hydrogen (secondary N) is 1. The Hall–Kier alpha value is -2.49. The molecular weight excluding hydrogens is 362 g/mol. The van der Waals surface area contributed by atoms with Crippen molar-refractivity contribution in [2.24, 2.45) is 0 Å². The van der Waals surface area contributed by atoms with Crippen molar-refractivity contribution in [2.45, 2.75) is 70.4 Å². The highest BCUT2D eigenvalue weighted by Crippen LogP contribution is 2.32. The van der Waals surface area contributed by atoms with Gasteiger partial charge in [-0.25, -0.2) is 0 Å². The first-order valence-electron chi connectivity index (χ1n) is 10.9. The van der Waals surface area contributed by atoms with E-state index < -0.39 is 6.10 Å². The molecule has 2 aromatic carbocycles. The summed E-state index contributed by atoms with van der Waals surface area (Å²) in [6.45, 7) is 2.00. The summed E-state index contributed by atoms with van der Waals surface area (Å²) in [7, 11) is 1.69. The molecule has 29 heavy (non-hydrogen) atoms. The highest BCUT2D eigenvalue weighted by Gasteiger charge is 2.26. The summed E-state index contributed by atoms with van der Waals surface area (Å²) in [5.74, 6) is 1.65. The predicted molar refractivity (Wildman–Crippen MR) is 115 cm³/mol. The molecule has 2 unspecified atom stereocenters. The lowest BCUT2D eigenvalue weighted by molar-refractivity contribution is -0.129. The summed E-state index contributed by atoms with van der Waals surface area (Å²) in [5, 5.41) is 3.24. The van der Waals surface area contributed by atoms with Crippen molar-refractivity contribution in [1.82, 2.24) is 5.32 Å². The summed E-state index contributed by atoms with van der Waals surface area (Å²) in [6, 6.07) is 12.5. The highest BCUT2D eigenvalue weighted by atomic mass is 16.5. The Kier molecular flexibility index (Phi) is 6.08. The highest BCUT2D eigenvalue weighted by molar-refractivity contribution is 5.81. The summed E-state index contributed by atoms with van der Waals surface area (Å²) >= 11 is 0. The molecule has 2 atom stereocenters. The number of aryl methyl sites for hydroxylation is 3. The second-order valence-corrected chi connectivity index (χ2v) is 8.17. The van der Waals surface area contributed by atoms with Crippen LogP contribution in [-0.2, 0) is 24.1 Å². The molecule has 4 rings (SSSR count). The van der Waals surface area contributed by atoms with Crippen LogP contribution in [0.25, 0.3) is 0 Å². The van der Waals surface area contributed by atoms with Gasteiger partial charge < -0.3 is 14.8 Å². The van der Waals surface area contributed by atoms with Gasteiger partial charge in [-0.15, -0.1) is 0 Å². The molecule has 2 aliphatic rings. The Labute approximate surface area is 173 Å². The van der Waals surface area contributed by atoms with Crippen molar-refractivity contribution in [3.63, 3.8) is 0 Å². The van der Waals surface area contributed by atoms with E-state index in [1.165, 1.54) is 35.1 Å². The molecule has 2 aromatic rings. The SMILES string of the molecule is CCC(Oc1ccc2c(c1)CCCC2)C(=O)NC1CCCc2cc(OC)ccc21. The van der Waals surface area contributed by atoms with E-state index in [1.54, 1.807) is 7.11 Å². The molecule has 0 aliphatic heterocycles. The normalized spacial score (nSPS) is 18.9. The van der Waals surface area contributed by atoms with Crippen LogP contribution in [0, 0.1) is 0 Å². The number of methoxy groups -OCH3 is 1. The number of hydrogen-bond donors (Lipinski definition) is 1. The van der Waals surface area contributed by atoms with Crippen LogP contribution < -0.4 is 14.8 Å². The largest absolute Gasteiger partial charge is 0.497 e. The maximum atomic E-state index is 13.0. The van der Waals surface area contributed by atoms with Crippen LogP contribution in [0.1, 0.15) is 67.3 Å². The van der Waals surface area contributed by atoms with Crippen molar-refractivity contribution >= 4 is 5.91 Å². The van der Waals surface area contributed by atoms with Crippen molar-refractivity contribution in [1.29, 1.82) is 0 Å². The van der Waals surface area contributed by atoms with E-state index in [0.717, 1.165) is 43.6 Å². The van der Waals surface area contributed by atoms with E-state index in [1.807, 2.05) is 19.1 Å². The molecule has 0 spiro atoms. The smallest absolute Gasteiger partial charge is 0.261 e. The van der Waals surface area contributed by atoms with Gasteiger partial charge in [-0.2, -0.15) is 0 Å². The number of amides is 1. The van der Waals surface area contributed by atoms with Gasteiger partial charge in [-0.3, -0.25) is 4.79 Å². The van der Waals surface area contributed by atoms with Crippen LogP contribution in [0.15, 0.2) is 36.4 Å². The van der Waals surface area contributed by atoms with Crippen molar-refractivity contribution in [2.75, 3.05) is 7.11 Å². The van der Waals surface area contributed by atoms with E-state index in [4.69, 9.17) is 9.47 Å². The molecule has 154 valence electrons. The van der Waals surface area contributed by atoms with Crippen LogP contribution in [0.5, 0.6) is 11.5 Å². The fourth-order valence-electron chi connectivity index (χ4n) is 4.60. The van der Waals surface area contributed by atoms with Gasteiger partial charge in [-0.05, 0) is 97.9 Å². The fraction of sp³-hybridized carbons (Fsp3) is 0.480. The van der Waals surface area contributed by atoms with Crippen LogP contribution >= 0.6 is 0 Å². The molecule has 1 N–H and O–H groups in total. The van der Waals surface area contributed by atoms with Gasteiger partial charge in [0.25, 0.3) is 5.91 Å². The molecular formula is C25H31NO3. The first kappa shape index (κ1) is 19.8. The molecule has 0 aromatic heterocycles. The number of carbonyl (C=O) groups excluding carboxylic acids is 1. The second kappa shape index (κ2) is 8.89. The monoisotopic (exact) mass is 393 g/mol. The third-order valence-electron chi connectivity index (χ3n) is 6.24. The Morgan fingerprint density at radius 2 is 1.72 bits per heavy atom. The third-order valence-corrected chi connectivity index (χ3v) is 6.24. The molecule has 0 heterocycles. The Balaban J connectivity index is 1.45. The minimum absolute atomic E-state index is 0.0288. The first-order valence-corrected chi connectivity index (χ1v) is 10.9. The van der Waals surface area contributed by atoms with E-state index in [2.05, 4.69) is 29.6 Å². The van der Waals surface area contributed by atoms with Gasteiger partial charge in [0.1, 0.15) is 11.5 Å². The quantitative estimate of drug-likeness (QED) is 0.757. The van der Waals surface area contributed by atoms with E-state index >= 15 is 0 Å². The average Bonchev–Trinajstić information content (AvgIpc) is 2.77. The maximum absolute atomic E-state index is 13.0. The third kappa shape index (κ3) is 4.42. The predicted octanol–water partition coefficient (Wildman–Crippen LogP) is 4.93. The van der Waals surface area contributed by atoms with Crippen LogP contribution in [0.4, 0.5) is 0 Å². The van der Waals surface area contributed by atoms with Gasteiger partial charge in [0.05, 0.1) is 13.2 Å². The molecule has 4 heteroatoms. The van der Waals surface area contributed by atoms with Crippen LogP contribution in [0.3, 0.4) is 0 Å². The minimum atomic E-state index is -0.472. The lowest BCUT2D eigenvalue weighted by atomic mass is 9.87. The van der Waals surface area contributed by atoms with Gasteiger partial charge in [-0.1, -0.05) is 19.1 Å². The lowest BCUT2D eigenvalue weighted by Crippen LogP contribution is -2.41. The molecule has 0 saturated heterocycles. The molecule has 4 nitrogen and oxygen atoms in total. The zero-order chi connectivity index (χ0) is 20.2.